The molecule has 21 heavy (non-hydrogen) atoms. The highest BCUT2D eigenvalue weighted by Crippen LogP contribution is 2.21. The molecule has 0 aromatic heterocycles. The fourth-order valence-electron chi connectivity index (χ4n) is 1.89. The van der Waals surface area contributed by atoms with E-state index in [0.29, 0.717) is 11.3 Å². The lowest BCUT2D eigenvalue weighted by atomic mass is 10.1. The molecular formula is C14H23N3O3S. The molecule has 1 rings (SSSR count). The maximum absolute atomic E-state index is 12.5. The molecule has 1 aromatic carbocycles. The lowest BCUT2D eigenvalue weighted by Gasteiger charge is -2.21. The zero-order chi connectivity index (χ0) is 16.2. The molecule has 118 valence electrons. The topological polar surface area (TPSA) is 101 Å². The van der Waals surface area contributed by atoms with Crippen LogP contribution in [0.2, 0.25) is 0 Å². The van der Waals surface area contributed by atoms with Crippen molar-refractivity contribution in [2.45, 2.75) is 38.6 Å². The fraction of sp³-hybridized carbons (Fsp3) is 0.500. The number of hydrogen-bond acceptors (Lipinski definition) is 4. The minimum Gasteiger partial charge on any atom is -0.329 e. The van der Waals surface area contributed by atoms with Crippen molar-refractivity contribution in [3.8, 4) is 0 Å². The first-order valence-electron chi connectivity index (χ1n) is 6.78. The highest BCUT2D eigenvalue weighted by Gasteiger charge is 2.23. The second-order valence-electron chi connectivity index (χ2n) is 5.37. The normalized spacial score (nSPS) is 13.2. The van der Waals surface area contributed by atoms with Crippen molar-refractivity contribution in [3.63, 3.8) is 0 Å². The maximum atomic E-state index is 12.5. The van der Waals surface area contributed by atoms with Gasteiger partial charge in [-0.05, 0) is 30.5 Å². The van der Waals surface area contributed by atoms with Gasteiger partial charge in [0.25, 0.3) is 0 Å². The van der Waals surface area contributed by atoms with Gasteiger partial charge in [-0.2, -0.15) is 0 Å². The van der Waals surface area contributed by atoms with E-state index in [-0.39, 0.29) is 29.3 Å². The van der Waals surface area contributed by atoms with Crippen LogP contribution in [0, 0.1) is 12.8 Å². The van der Waals surface area contributed by atoms with Gasteiger partial charge in [0.15, 0.2) is 0 Å². The van der Waals surface area contributed by atoms with E-state index in [0.717, 1.165) is 0 Å². The Morgan fingerprint density at radius 3 is 2.43 bits per heavy atom. The third-order valence-corrected chi connectivity index (χ3v) is 4.80. The zero-order valence-corrected chi connectivity index (χ0v) is 13.6. The molecule has 1 unspecified atom stereocenters. The van der Waals surface area contributed by atoms with Crippen molar-refractivity contribution in [1.29, 1.82) is 0 Å². The number of hydrogen-bond donors (Lipinski definition) is 3. The van der Waals surface area contributed by atoms with Crippen molar-refractivity contribution >= 4 is 21.6 Å². The van der Waals surface area contributed by atoms with Crippen LogP contribution < -0.4 is 15.8 Å². The monoisotopic (exact) mass is 313 g/mol. The molecule has 4 N–H and O–H groups in total. The fourth-order valence-corrected chi connectivity index (χ4v) is 3.56. The van der Waals surface area contributed by atoms with Crippen LogP contribution in [0.4, 0.5) is 5.69 Å². The molecule has 0 spiro atoms. The van der Waals surface area contributed by atoms with Crippen molar-refractivity contribution in [3.05, 3.63) is 23.8 Å². The number of benzene rings is 1. The first-order valence-corrected chi connectivity index (χ1v) is 8.26. The van der Waals surface area contributed by atoms with E-state index in [1.165, 1.54) is 13.0 Å². The summed E-state index contributed by atoms with van der Waals surface area (Å²) in [6, 6.07) is 4.44. The predicted molar refractivity (Wildman–Crippen MR) is 83.5 cm³/mol. The molecule has 1 amide bonds. The Hall–Kier alpha value is -1.44. The second kappa shape index (κ2) is 7.02. The highest BCUT2D eigenvalue weighted by atomic mass is 32.2. The molecule has 1 atom stereocenters. The number of amides is 1. The summed E-state index contributed by atoms with van der Waals surface area (Å²) in [7, 11) is -3.69. The van der Waals surface area contributed by atoms with Crippen LogP contribution in [0.5, 0.6) is 0 Å². The summed E-state index contributed by atoms with van der Waals surface area (Å²) in [5.74, 6) is -0.166. The lowest BCUT2D eigenvalue weighted by Crippen LogP contribution is -2.43. The maximum Gasteiger partial charge on any atom is 0.241 e. The highest BCUT2D eigenvalue weighted by molar-refractivity contribution is 7.89. The summed E-state index contributed by atoms with van der Waals surface area (Å²) in [6.07, 6.45) is 0. The van der Waals surface area contributed by atoms with E-state index in [9.17, 15) is 13.2 Å². The molecule has 0 radical (unpaired) electrons. The largest absolute Gasteiger partial charge is 0.329 e. The quantitative estimate of drug-likeness (QED) is 0.735. The van der Waals surface area contributed by atoms with Crippen LogP contribution in [0.1, 0.15) is 26.3 Å². The van der Waals surface area contributed by atoms with Gasteiger partial charge in [-0.1, -0.05) is 19.9 Å². The van der Waals surface area contributed by atoms with Crippen LogP contribution in [0.15, 0.2) is 23.1 Å². The van der Waals surface area contributed by atoms with Gasteiger partial charge in [-0.15, -0.1) is 0 Å². The summed E-state index contributed by atoms with van der Waals surface area (Å²) in [5.41, 5.74) is 6.66. The molecule has 0 saturated carbocycles. The van der Waals surface area contributed by atoms with E-state index in [1.54, 1.807) is 19.1 Å². The molecule has 1 aromatic rings. The van der Waals surface area contributed by atoms with Crippen LogP contribution >= 0.6 is 0 Å². The van der Waals surface area contributed by atoms with Gasteiger partial charge in [0.1, 0.15) is 0 Å². The average molecular weight is 313 g/mol. The third-order valence-electron chi connectivity index (χ3n) is 3.16. The van der Waals surface area contributed by atoms with E-state index >= 15 is 0 Å². The number of anilines is 1. The van der Waals surface area contributed by atoms with E-state index < -0.39 is 10.0 Å². The van der Waals surface area contributed by atoms with Gasteiger partial charge in [-0.3, -0.25) is 4.79 Å². The van der Waals surface area contributed by atoms with Gasteiger partial charge in [0, 0.05) is 25.2 Å². The summed E-state index contributed by atoms with van der Waals surface area (Å²) >= 11 is 0. The molecule has 7 heteroatoms. The second-order valence-corrected chi connectivity index (χ2v) is 7.05. The van der Waals surface area contributed by atoms with Crippen molar-refractivity contribution in [2.75, 3.05) is 11.9 Å². The minimum atomic E-state index is -3.69. The number of nitrogens with one attached hydrogen (secondary N) is 2. The molecule has 0 heterocycles. The Balaban J connectivity index is 3.15. The summed E-state index contributed by atoms with van der Waals surface area (Å²) in [6.45, 7) is 7.11. The van der Waals surface area contributed by atoms with Crippen LogP contribution in [0.25, 0.3) is 0 Å². The van der Waals surface area contributed by atoms with Crippen LogP contribution in [0.3, 0.4) is 0 Å². The van der Waals surface area contributed by atoms with Gasteiger partial charge in [0.2, 0.25) is 15.9 Å². The SMILES string of the molecule is CC(=O)Nc1ccc(C)c(S(=O)(=O)NC(CN)C(C)C)c1. The Labute approximate surface area is 126 Å². The van der Waals surface area contributed by atoms with E-state index in [4.69, 9.17) is 5.73 Å². The number of nitrogens with two attached hydrogens (primary N) is 1. The van der Waals surface area contributed by atoms with Crippen molar-refractivity contribution in [1.82, 2.24) is 4.72 Å². The number of sulfonamides is 1. The summed E-state index contributed by atoms with van der Waals surface area (Å²) in [5, 5.41) is 2.58. The molecule has 6 nitrogen and oxygen atoms in total. The third kappa shape index (κ3) is 4.80. The van der Waals surface area contributed by atoms with Crippen molar-refractivity contribution < 1.29 is 13.2 Å². The minimum absolute atomic E-state index is 0.0867. The Morgan fingerprint density at radius 1 is 1.33 bits per heavy atom. The Bertz CT molecular complexity index is 612. The standard InChI is InChI=1S/C14H23N3O3S/c1-9(2)13(8-15)17-21(19,20)14-7-12(16-11(4)18)6-5-10(14)3/h5-7,9,13,17H,8,15H2,1-4H3,(H,16,18). The summed E-state index contributed by atoms with van der Waals surface area (Å²) < 4.78 is 27.6. The van der Waals surface area contributed by atoms with E-state index in [2.05, 4.69) is 10.0 Å². The van der Waals surface area contributed by atoms with Gasteiger partial charge in [0.05, 0.1) is 4.90 Å². The average Bonchev–Trinajstić information content (AvgIpc) is 2.37. The van der Waals surface area contributed by atoms with Gasteiger partial charge >= 0.3 is 0 Å². The number of carbonyl (C=O) groups is 1. The smallest absolute Gasteiger partial charge is 0.241 e. The molecule has 0 bridgehead atoms. The predicted octanol–water partition coefficient (Wildman–Crippen LogP) is 1.22. The van der Waals surface area contributed by atoms with Gasteiger partial charge in [-0.25, -0.2) is 13.1 Å². The van der Waals surface area contributed by atoms with Crippen molar-refractivity contribution in [2.24, 2.45) is 11.7 Å². The first kappa shape index (κ1) is 17.6. The molecule has 0 fully saturated rings. The summed E-state index contributed by atoms with van der Waals surface area (Å²) in [4.78, 5) is 11.2. The van der Waals surface area contributed by atoms with Gasteiger partial charge < -0.3 is 11.1 Å². The molecule has 0 saturated heterocycles. The Kier molecular flexibility index (Phi) is 5.88. The molecule has 0 aliphatic carbocycles. The van der Waals surface area contributed by atoms with Crippen LogP contribution in [-0.2, 0) is 14.8 Å². The van der Waals surface area contributed by atoms with Crippen LogP contribution in [-0.4, -0.2) is 26.9 Å². The number of aryl methyl sites for hydroxylation is 1. The number of rotatable bonds is 6. The number of carbonyl (C=O) groups excluding carboxylic acids is 1. The molecular weight excluding hydrogens is 290 g/mol. The zero-order valence-electron chi connectivity index (χ0n) is 12.8. The Morgan fingerprint density at radius 2 is 1.95 bits per heavy atom. The lowest BCUT2D eigenvalue weighted by molar-refractivity contribution is -0.114. The first-order chi connectivity index (χ1) is 9.67. The van der Waals surface area contributed by atoms with E-state index in [1.807, 2.05) is 13.8 Å². The molecule has 0 aliphatic rings. The molecule has 0 aliphatic heterocycles.